The van der Waals surface area contributed by atoms with Crippen LogP contribution in [0.3, 0.4) is 0 Å². The van der Waals surface area contributed by atoms with E-state index in [-0.39, 0.29) is 6.09 Å². The highest BCUT2D eigenvalue weighted by molar-refractivity contribution is 5.68. The van der Waals surface area contributed by atoms with Gasteiger partial charge in [0.05, 0.1) is 0 Å². The Kier molecular flexibility index (Phi) is 11.3. The summed E-state index contributed by atoms with van der Waals surface area (Å²) in [6.07, 6.45) is 12.6. The van der Waals surface area contributed by atoms with Crippen molar-refractivity contribution in [3.05, 3.63) is 0 Å². The van der Waals surface area contributed by atoms with E-state index < -0.39 is 5.60 Å². The first-order chi connectivity index (χ1) is 12.4. The molecule has 0 aromatic rings. The van der Waals surface area contributed by atoms with E-state index in [9.17, 15) is 4.79 Å². The number of hydrogen-bond acceptors (Lipinski definition) is 3. The lowest BCUT2D eigenvalue weighted by Crippen LogP contribution is -2.48. The Balaban J connectivity index is 2.45. The molecule has 4 heteroatoms. The molecule has 26 heavy (non-hydrogen) atoms. The van der Waals surface area contributed by atoms with Crippen LogP contribution in [-0.2, 0) is 4.74 Å². The summed E-state index contributed by atoms with van der Waals surface area (Å²) in [6.45, 7) is 14.5. The zero-order chi connectivity index (χ0) is 19.4. The van der Waals surface area contributed by atoms with Crippen LogP contribution >= 0.6 is 0 Å². The highest BCUT2D eigenvalue weighted by Crippen LogP contribution is 2.20. The molecule has 1 heterocycles. The average Bonchev–Trinajstić information content (AvgIpc) is 2.59. The SMILES string of the molecule is CCCCCCN(CCCCCC)C1CCN(C(=O)OC(C)(C)C)CC1. The fourth-order valence-electron chi connectivity index (χ4n) is 3.70. The molecule has 0 bridgehead atoms. The van der Waals surface area contributed by atoms with E-state index in [0.717, 1.165) is 25.9 Å². The molecule has 0 atom stereocenters. The average molecular weight is 369 g/mol. The fraction of sp³-hybridized carbons (Fsp3) is 0.955. The third-order valence-electron chi connectivity index (χ3n) is 5.23. The monoisotopic (exact) mass is 368 g/mol. The number of amides is 1. The summed E-state index contributed by atoms with van der Waals surface area (Å²) >= 11 is 0. The van der Waals surface area contributed by atoms with E-state index in [1.807, 2.05) is 25.7 Å². The molecule has 154 valence electrons. The van der Waals surface area contributed by atoms with Crippen LogP contribution in [0.2, 0.25) is 0 Å². The lowest BCUT2D eigenvalue weighted by Gasteiger charge is -2.39. The minimum Gasteiger partial charge on any atom is -0.444 e. The van der Waals surface area contributed by atoms with Gasteiger partial charge in [0.1, 0.15) is 5.60 Å². The van der Waals surface area contributed by atoms with Crippen molar-refractivity contribution in [2.75, 3.05) is 26.2 Å². The van der Waals surface area contributed by atoms with Crippen molar-refractivity contribution in [2.24, 2.45) is 0 Å². The van der Waals surface area contributed by atoms with Gasteiger partial charge in [-0.15, -0.1) is 0 Å². The van der Waals surface area contributed by atoms with Crippen molar-refractivity contribution in [1.82, 2.24) is 9.80 Å². The molecule has 1 rings (SSSR count). The Morgan fingerprint density at radius 2 is 1.42 bits per heavy atom. The van der Waals surface area contributed by atoms with Gasteiger partial charge in [0, 0.05) is 19.1 Å². The van der Waals surface area contributed by atoms with Gasteiger partial charge in [-0.2, -0.15) is 0 Å². The summed E-state index contributed by atoms with van der Waals surface area (Å²) in [5, 5.41) is 0. The third kappa shape index (κ3) is 9.80. The van der Waals surface area contributed by atoms with E-state index in [2.05, 4.69) is 18.7 Å². The first kappa shape index (κ1) is 23.3. The number of unbranched alkanes of at least 4 members (excludes halogenated alkanes) is 6. The standard InChI is InChI=1S/C22H44N2O2/c1-6-8-10-12-16-23(17-13-11-9-7-2)20-14-18-24(19-15-20)21(25)26-22(3,4)5/h20H,6-19H2,1-5H3. The van der Waals surface area contributed by atoms with Gasteiger partial charge < -0.3 is 14.5 Å². The minimum absolute atomic E-state index is 0.145. The summed E-state index contributed by atoms with van der Waals surface area (Å²) in [7, 11) is 0. The summed E-state index contributed by atoms with van der Waals surface area (Å²) in [5.41, 5.74) is -0.404. The second-order valence-electron chi connectivity index (χ2n) is 8.86. The minimum atomic E-state index is -0.404. The lowest BCUT2D eigenvalue weighted by molar-refractivity contribution is 0.0141. The summed E-state index contributed by atoms with van der Waals surface area (Å²) in [5.74, 6) is 0. The molecular formula is C22H44N2O2. The molecule has 0 aromatic heterocycles. The molecule has 0 aliphatic carbocycles. The number of carbonyl (C=O) groups is 1. The van der Waals surface area contributed by atoms with Crippen LogP contribution in [-0.4, -0.2) is 53.7 Å². The van der Waals surface area contributed by atoms with Crippen LogP contribution in [0.1, 0.15) is 98.8 Å². The molecule has 0 aromatic carbocycles. The predicted octanol–water partition coefficient (Wildman–Crippen LogP) is 5.85. The van der Waals surface area contributed by atoms with Gasteiger partial charge in [0.15, 0.2) is 0 Å². The Labute approximate surface area is 162 Å². The van der Waals surface area contributed by atoms with E-state index >= 15 is 0 Å². The summed E-state index contributed by atoms with van der Waals surface area (Å²) in [6, 6.07) is 0.636. The Hall–Kier alpha value is -0.770. The molecule has 1 fully saturated rings. The molecule has 0 spiro atoms. The first-order valence-corrected chi connectivity index (χ1v) is 11.1. The van der Waals surface area contributed by atoms with Crippen molar-refractivity contribution < 1.29 is 9.53 Å². The molecule has 0 radical (unpaired) electrons. The highest BCUT2D eigenvalue weighted by Gasteiger charge is 2.29. The number of rotatable bonds is 11. The van der Waals surface area contributed by atoms with Crippen molar-refractivity contribution in [2.45, 2.75) is 110 Å². The van der Waals surface area contributed by atoms with E-state index in [1.165, 1.54) is 64.5 Å². The van der Waals surface area contributed by atoms with Gasteiger partial charge in [-0.05, 0) is 59.5 Å². The number of nitrogens with zero attached hydrogens (tertiary/aromatic N) is 2. The predicted molar refractivity (Wildman–Crippen MR) is 111 cm³/mol. The van der Waals surface area contributed by atoms with Crippen LogP contribution in [0.25, 0.3) is 0 Å². The van der Waals surface area contributed by atoms with Crippen LogP contribution in [0.15, 0.2) is 0 Å². The maximum absolute atomic E-state index is 12.3. The van der Waals surface area contributed by atoms with Gasteiger partial charge >= 0.3 is 6.09 Å². The van der Waals surface area contributed by atoms with Crippen LogP contribution in [0.4, 0.5) is 4.79 Å². The van der Waals surface area contributed by atoms with Gasteiger partial charge in [-0.3, -0.25) is 0 Å². The summed E-state index contributed by atoms with van der Waals surface area (Å²) in [4.78, 5) is 16.9. The van der Waals surface area contributed by atoms with E-state index in [1.54, 1.807) is 0 Å². The Bertz CT molecular complexity index is 359. The van der Waals surface area contributed by atoms with Crippen molar-refractivity contribution in [3.8, 4) is 0 Å². The molecule has 0 N–H and O–H groups in total. The second-order valence-corrected chi connectivity index (χ2v) is 8.86. The van der Waals surface area contributed by atoms with Crippen molar-refractivity contribution in [1.29, 1.82) is 0 Å². The van der Waals surface area contributed by atoms with Gasteiger partial charge in [-0.1, -0.05) is 52.4 Å². The quantitative estimate of drug-likeness (QED) is 0.429. The molecule has 1 aliphatic rings. The molecule has 4 nitrogen and oxygen atoms in total. The van der Waals surface area contributed by atoms with Gasteiger partial charge in [0.25, 0.3) is 0 Å². The normalized spacial score (nSPS) is 16.3. The third-order valence-corrected chi connectivity index (χ3v) is 5.23. The maximum atomic E-state index is 12.3. The molecule has 0 unspecified atom stereocenters. The number of ether oxygens (including phenoxy) is 1. The zero-order valence-electron chi connectivity index (χ0n) is 18.2. The topological polar surface area (TPSA) is 32.8 Å². The lowest BCUT2D eigenvalue weighted by atomic mass is 10.0. The molecule has 1 amide bonds. The smallest absolute Gasteiger partial charge is 0.410 e. The molecule has 0 saturated carbocycles. The molecule has 1 saturated heterocycles. The molecule has 1 aliphatic heterocycles. The largest absolute Gasteiger partial charge is 0.444 e. The number of hydrogen-bond donors (Lipinski definition) is 0. The van der Waals surface area contributed by atoms with E-state index in [0.29, 0.717) is 6.04 Å². The number of likely N-dealkylation sites (tertiary alicyclic amines) is 1. The van der Waals surface area contributed by atoms with E-state index in [4.69, 9.17) is 4.74 Å². The first-order valence-electron chi connectivity index (χ1n) is 11.1. The van der Waals surface area contributed by atoms with Crippen LogP contribution < -0.4 is 0 Å². The summed E-state index contributed by atoms with van der Waals surface area (Å²) < 4.78 is 5.53. The Morgan fingerprint density at radius 1 is 0.923 bits per heavy atom. The second kappa shape index (κ2) is 12.6. The van der Waals surface area contributed by atoms with Crippen LogP contribution in [0.5, 0.6) is 0 Å². The maximum Gasteiger partial charge on any atom is 0.410 e. The molecular weight excluding hydrogens is 324 g/mol. The zero-order valence-corrected chi connectivity index (χ0v) is 18.2. The van der Waals surface area contributed by atoms with Crippen molar-refractivity contribution >= 4 is 6.09 Å². The van der Waals surface area contributed by atoms with Gasteiger partial charge in [-0.25, -0.2) is 4.79 Å². The van der Waals surface area contributed by atoms with Crippen LogP contribution in [0, 0.1) is 0 Å². The highest BCUT2D eigenvalue weighted by atomic mass is 16.6. The van der Waals surface area contributed by atoms with Crippen molar-refractivity contribution in [3.63, 3.8) is 0 Å². The number of carbonyl (C=O) groups excluding carboxylic acids is 1. The number of piperidine rings is 1. The van der Waals surface area contributed by atoms with Gasteiger partial charge in [0.2, 0.25) is 0 Å². The Morgan fingerprint density at radius 3 is 1.85 bits per heavy atom. The fourth-order valence-corrected chi connectivity index (χ4v) is 3.70.